The molecule has 3 heteroatoms. The monoisotopic (exact) mass is 479 g/mol. The van der Waals surface area contributed by atoms with Crippen molar-refractivity contribution in [2.75, 3.05) is 0 Å². The van der Waals surface area contributed by atoms with Crippen molar-refractivity contribution < 1.29 is 8.78 Å². The number of benzene rings is 3. The van der Waals surface area contributed by atoms with Crippen LogP contribution in [0.15, 0.2) is 60.7 Å². The fourth-order valence-electron chi connectivity index (χ4n) is 3.89. The molecule has 0 spiro atoms. The molecule has 0 saturated heterocycles. The van der Waals surface area contributed by atoms with Crippen LogP contribution in [0.5, 0.6) is 0 Å². The van der Waals surface area contributed by atoms with Gasteiger partial charge in [-0.1, -0.05) is 87.7 Å². The highest BCUT2D eigenvalue weighted by Gasteiger charge is 2.08. The lowest BCUT2D eigenvalue weighted by Crippen LogP contribution is -1.92. The average molecular weight is 480 g/mol. The molecule has 0 fully saturated rings. The van der Waals surface area contributed by atoms with Gasteiger partial charge >= 0.3 is 0 Å². The quantitative estimate of drug-likeness (QED) is 0.224. The zero-order valence-electron chi connectivity index (χ0n) is 20.8. The molecule has 0 aromatic heterocycles. The Morgan fingerprint density at radius 3 is 1.64 bits per heavy atom. The molecule has 0 aliphatic carbocycles. The summed E-state index contributed by atoms with van der Waals surface area (Å²) in [4.78, 5) is 0. The molecule has 0 aliphatic heterocycles. The molecule has 0 unspecified atom stereocenters. The van der Waals surface area contributed by atoms with Gasteiger partial charge in [-0.05, 0) is 66.9 Å². The number of hydrogen-bond acceptors (Lipinski definition) is 1. The molecule has 0 saturated carbocycles. The van der Waals surface area contributed by atoms with E-state index < -0.39 is 11.6 Å². The number of nitriles is 1. The molecule has 0 heterocycles. The highest BCUT2D eigenvalue weighted by molar-refractivity contribution is 5.50. The van der Waals surface area contributed by atoms with Gasteiger partial charge in [0.2, 0.25) is 0 Å². The fraction of sp³-hybridized carbons (Fsp3) is 0.303. The number of rotatable bonds is 9. The number of unbranched alkanes of at least 4 members (excludes halogenated alkanes) is 7. The average Bonchev–Trinajstić information content (AvgIpc) is 2.89. The van der Waals surface area contributed by atoms with Crippen LogP contribution >= 0.6 is 0 Å². The van der Waals surface area contributed by atoms with E-state index in [4.69, 9.17) is 5.26 Å². The first-order valence-electron chi connectivity index (χ1n) is 12.7. The van der Waals surface area contributed by atoms with Gasteiger partial charge in [-0.25, -0.2) is 8.78 Å². The Hall–Kier alpha value is -3.87. The van der Waals surface area contributed by atoms with Crippen LogP contribution < -0.4 is 0 Å². The maximum atomic E-state index is 14.5. The molecule has 3 aromatic carbocycles. The predicted molar refractivity (Wildman–Crippen MR) is 142 cm³/mol. The third kappa shape index (κ3) is 8.73. The van der Waals surface area contributed by atoms with E-state index in [0.29, 0.717) is 11.1 Å². The van der Waals surface area contributed by atoms with E-state index in [-0.39, 0.29) is 11.1 Å². The van der Waals surface area contributed by atoms with Crippen molar-refractivity contribution in [1.82, 2.24) is 0 Å². The molecule has 0 N–H and O–H groups in total. The highest BCUT2D eigenvalue weighted by atomic mass is 19.1. The van der Waals surface area contributed by atoms with Crippen LogP contribution in [-0.2, 0) is 6.42 Å². The van der Waals surface area contributed by atoms with Crippen molar-refractivity contribution in [3.8, 4) is 29.8 Å². The van der Waals surface area contributed by atoms with Crippen molar-refractivity contribution in [2.24, 2.45) is 0 Å². The Morgan fingerprint density at radius 1 is 0.583 bits per heavy atom. The molecular formula is C33H31F2N. The highest BCUT2D eigenvalue weighted by Crippen LogP contribution is 2.15. The van der Waals surface area contributed by atoms with Gasteiger partial charge in [0.15, 0.2) is 0 Å². The van der Waals surface area contributed by atoms with Crippen LogP contribution in [0.4, 0.5) is 8.78 Å². The molecule has 36 heavy (non-hydrogen) atoms. The third-order valence-corrected chi connectivity index (χ3v) is 6.01. The summed E-state index contributed by atoms with van der Waals surface area (Å²) in [5, 5.41) is 8.84. The van der Waals surface area contributed by atoms with Crippen LogP contribution in [0, 0.1) is 46.6 Å². The van der Waals surface area contributed by atoms with Gasteiger partial charge in [-0.2, -0.15) is 5.26 Å². The lowest BCUT2D eigenvalue weighted by molar-refractivity contribution is 0.575. The standard InChI is InChI=1S/C33H31F2N/c1-2-3-4-5-6-7-8-9-10-26-11-13-27(14-12-26)17-20-30-23-32(34)31(33(35)24-30)22-21-28-15-18-29(25-36)19-16-28/h11-16,18-19,23-24H,2-10H2,1H3. The van der Waals surface area contributed by atoms with E-state index in [1.165, 1.54) is 69.1 Å². The molecule has 0 atom stereocenters. The summed E-state index contributed by atoms with van der Waals surface area (Å²) in [5.41, 5.74) is 3.13. The van der Waals surface area contributed by atoms with Gasteiger partial charge in [0.25, 0.3) is 0 Å². The lowest BCUT2D eigenvalue weighted by Gasteiger charge is -2.03. The summed E-state index contributed by atoms with van der Waals surface area (Å²) < 4.78 is 29.0. The van der Waals surface area contributed by atoms with Gasteiger partial charge in [0.05, 0.1) is 17.2 Å². The van der Waals surface area contributed by atoms with E-state index in [2.05, 4.69) is 42.7 Å². The zero-order valence-corrected chi connectivity index (χ0v) is 20.8. The molecule has 0 radical (unpaired) electrons. The lowest BCUT2D eigenvalue weighted by atomic mass is 10.0. The molecule has 3 aromatic rings. The van der Waals surface area contributed by atoms with Crippen molar-refractivity contribution in [2.45, 2.75) is 64.7 Å². The summed E-state index contributed by atoms with van der Waals surface area (Å²) >= 11 is 0. The zero-order chi connectivity index (χ0) is 25.6. The van der Waals surface area contributed by atoms with Gasteiger partial charge in [-0.15, -0.1) is 0 Å². The molecule has 0 aliphatic rings. The summed E-state index contributed by atoms with van der Waals surface area (Å²) in [6.45, 7) is 2.24. The largest absolute Gasteiger partial charge is 0.205 e. The summed E-state index contributed by atoms with van der Waals surface area (Å²) in [5.74, 6) is 9.62. The Bertz CT molecular complexity index is 1270. The summed E-state index contributed by atoms with van der Waals surface area (Å²) in [6, 6.07) is 19.0. The summed E-state index contributed by atoms with van der Waals surface area (Å²) in [7, 11) is 0. The normalized spacial score (nSPS) is 10.1. The smallest absolute Gasteiger partial charge is 0.143 e. The Balaban J connectivity index is 1.55. The van der Waals surface area contributed by atoms with Gasteiger partial charge in [0.1, 0.15) is 11.6 Å². The minimum Gasteiger partial charge on any atom is -0.205 e. The third-order valence-electron chi connectivity index (χ3n) is 6.01. The Kier molecular flexibility index (Phi) is 10.8. The summed E-state index contributed by atoms with van der Waals surface area (Å²) in [6.07, 6.45) is 11.5. The topological polar surface area (TPSA) is 23.8 Å². The van der Waals surface area contributed by atoms with Crippen molar-refractivity contribution in [3.63, 3.8) is 0 Å². The van der Waals surface area contributed by atoms with E-state index in [9.17, 15) is 8.78 Å². The van der Waals surface area contributed by atoms with Crippen LogP contribution in [0.1, 0.15) is 91.7 Å². The Morgan fingerprint density at radius 2 is 1.06 bits per heavy atom. The van der Waals surface area contributed by atoms with Crippen LogP contribution in [0.2, 0.25) is 0 Å². The van der Waals surface area contributed by atoms with E-state index in [1.807, 2.05) is 18.2 Å². The maximum absolute atomic E-state index is 14.5. The number of halogens is 2. The molecule has 0 bridgehead atoms. The van der Waals surface area contributed by atoms with Crippen molar-refractivity contribution in [3.05, 3.63) is 106 Å². The van der Waals surface area contributed by atoms with Crippen LogP contribution in [-0.4, -0.2) is 0 Å². The Labute approximate surface area is 214 Å². The van der Waals surface area contributed by atoms with Crippen molar-refractivity contribution >= 4 is 0 Å². The second-order valence-electron chi connectivity index (χ2n) is 8.93. The molecule has 0 amide bonds. The van der Waals surface area contributed by atoms with Crippen LogP contribution in [0.25, 0.3) is 0 Å². The molecule has 1 nitrogen and oxygen atoms in total. The van der Waals surface area contributed by atoms with E-state index >= 15 is 0 Å². The first-order valence-corrected chi connectivity index (χ1v) is 12.7. The number of hydrogen-bond donors (Lipinski definition) is 0. The minimum absolute atomic E-state index is 0.261. The second-order valence-corrected chi connectivity index (χ2v) is 8.93. The SMILES string of the molecule is CCCCCCCCCCc1ccc(C#Cc2cc(F)c(C#Cc3ccc(C#N)cc3)c(F)c2)cc1. The second kappa shape index (κ2) is 14.5. The van der Waals surface area contributed by atoms with Gasteiger partial charge in [-0.3, -0.25) is 0 Å². The number of aryl methyl sites for hydroxylation is 1. The fourth-order valence-corrected chi connectivity index (χ4v) is 3.89. The minimum atomic E-state index is -0.749. The van der Waals surface area contributed by atoms with Crippen molar-refractivity contribution in [1.29, 1.82) is 5.26 Å². The maximum Gasteiger partial charge on any atom is 0.143 e. The van der Waals surface area contributed by atoms with Gasteiger partial charge < -0.3 is 0 Å². The molecule has 182 valence electrons. The molecular weight excluding hydrogens is 448 g/mol. The molecule has 3 rings (SSSR count). The predicted octanol–water partition coefficient (Wildman–Crippen LogP) is 8.32. The van der Waals surface area contributed by atoms with Crippen LogP contribution in [0.3, 0.4) is 0 Å². The first kappa shape index (κ1) is 26.7. The van der Waals surface area contributed by atoms with E-state index in [0.717, 1.165) is 12.0 Å². The number of nitrogens with zero attached hydrogens (tertiary/aromatic N) is 1. The first-order chi connectivity index (χ1) is 17.6. The van der Waals surface area contributed by atoms with E-state index in [1.54, 1.807) is 24.3 Å². The van der Waals surface area contributed by atoms with Gasteiger partial charge in [0, 0.05) is 16.7 Å².